The van der Waals surface area contributed by atoms with Crippen LogP contribution >= 0.6 is 0 Å². The minimum absolute atomic E-state index is 0.137. The van der Waals surface area contributed by atoms with Crippen LogP contribution in [0.3, 0.4) is 0 Å². The lowest BCUT2D eigenvalue weighted by Crippen LogP contribution is -2.36. The summed E-state index contributed by atoms with van der Waals surface area (Å²) in [6.07, 6.45) is 2.73. The molecule has 2 atom stereocenters. The van der Waals surface area contributed by atoms with Gasteiger partial charge in [0.05, 0.1) is 23.1 Å². The summed E-state index contributed by atoms with van der Waals surface area (Å²) in [5.74, 6) is -0.544. The number of non-ortho nitro benzene ring substituents is 1. The van der Waals surface area contributed by atoms with Gasteiger partial charge in [0.25, 0.3) is 5.69 Å². The maximum absolute atomic E-state index is 12.3. The smallest absolute Gasteiger partial charge is 0.311 e. The molecule has 3 rings (SSSR count). The molecule has 2 aliphatic rings. The van der Waals surface area contributed by atoms with Gasteiger partial charge < -0.3 is 20.1 Å². The number of rotatable bonds is 7. The molecule has 1 aliphatic carbocycles. The number of fused-ring (bicyclic) bond motifs is 1. The molecule has 1 heterocycles. The highest BCUT2D eigenvalue weighted by atomic mass is 16.6. The number of carboxylic acid groups (broad SMARTS) is 1. The average Bonchev–Trinajstić information content (AvgIpc) is 3.18. The number of nitrogens with zero attached hydrogens (tertiary/aromatic N) is 2. The van der Waals surface area contributed by atoms with Crippen LogP contribution in [-0.2, 0) is 9.59 Å². The first-order valence-electron chi connectivity index (χ1n) is 8.94. The number of carbonyl (C=O) groups excluding carboxylic acids is 1. The van der Waals surface area contributed by atoms with Crippen molar-refractivity contribution in [3.8, 4) is 5.75 Å². The molecule has 1 aromatic carbocycles. The number of methoxy groups -OCH3 is 1. The number of nitrogens with one attached hydrogen (secondary N) is 1. The fourth-order valence-electron chi connectivity index (χ4n) is 4.29. The Morgan fingerprint density at radius 3 is 2.89 bits per heavy atom. The Labute approximate surface area is 156 Å². The lowest BCUT2D eigenvalue weighted by molar-refractivity contribution is -0.384. The molecule has 0 spiro atoms. The van der Waals surface area contributed by atoms with E-state index >= 15 is 0 Å². The molecule has 27 heavy (non-hydrogen) atoms. The summed E-state index contributed by atoms with van der Waals surface area (Å²) in [6, 6.07) is 4.01. The molecule has 9 heteroatoms. The summed E-state index contributed by atoms with van der Waals surface area (Å²) in [5, 5.41) is 23.2. The second-order valence-corrected chi connectivity index (χ2v) is 7.23. The number of nitro benzene ring substituents is 1. The first-order chi connectivity index (χ1) is 12.9. The highest BCUT2D eigenvalue weighted by Gasteiger charge is 2.54. The first kappa shape index (κ1) is 19.1. The summed E-state index contributed by atoms with van der Waals surface area (Å²) in [4.78, 5) is 36.4. The quantitative estimate of drug-likeness (QED) is 0.551. The Hall–Kier alpha value is -2.68. The minimum Gasteiger partial charge on any atom is -0.495 e. The highest BCUT2D eigenvalue weighted by Crippen LogP contribution is 2.48. The van der Waals surface area contributed by atoms with Crippen molar-refractivity contribution < 1.29 is 24.4 Å². The number of carboxylic acids is 1. The van der Waals surface area contributed by atoms with E-state index in [1.54, 1.807) is 0 Å². The van der Waals surface area contributed by atoms with Gasteiger partial charge in [0.1, 0.15) is 5.75 Å². The van der Waals surface area contributed by atoms with E-state index in [9.17, 15) is 24.8 Å². The largest absolute Gasteiger partial charge is 0.495 e. The van der Waals surface area contributed by atoms with Crippen LogP contribution < -0.4 is 10.1 Å². The van der Waals surface area contributed by atoms with Gasteiger partial charge >= 0.3 is 5.97 Å². The monoisotopic (exact) mass is 377 g/mol. The topological polar surface area (TPSA) is 122 Å². The van der Waals surface area contributed by atoms with E-state index in [2.05, 4.69) is 5.32 Å². The number of nitro groups is 1. The molecule has 1 aromatic rings. The fourth-order valence-corrected chi connectivity index (χ4v) is 4.29. The number of likely N-dealkylation sites (tertiary alicyclic amines) is 1. The number of anilines is 1. The summed E-state index contributed by atoms with van der Waals surface area (Å²) in [7, 11) is 1.42. The van der Waals surface area contributed by atoms with Crippen molar-refractivity contribution in [2.45, 2.75) is 25.7 Å². The molecule has 1 amide bonds. The number of ether oxygens (including phenoxy) is 1. The van der Waals surface area contributed by atoms with Gasteiger partial charge in [-0.25, -0.2) is 0 Å². The third kappa shape index (κ3) is 3.73. The van der Waals surface area contributed by atoms with Gasteiger partial charge in [0.2, 0.25) is 5.91 Å². The molecule has 0 unspecified atom stereocenters. The van der Waals surface area contributed by atoms with Gasteiger partial charge in [-0.1, -0.05) is 6.42 Å². The summed E-state index contributed by atoms with van der Waals surface area (Å²) < 4.78 is 5.14. The molecule has 1 saturated carbocycles. The molecule has 9 nitrogen and oxygen atoms in total. The van der Waals surface area contributed by atoms with Gasteiger partial charge in [-0.05, 0) is 24.8 Å². The second-order valence-electron chi connectivity index (χ2n) is 7.23. The lowest BCUT2D eigenvalue weighted by Gasteiger charge is -2.23. The normalized spacial score (nSPS) is 24.4. The number of hydrogen-bond donors (Lipinski definition) is 2. The van der Waals surface area contributed by atoms with E-state index in [0.717, 1.165) is 12.8 Å². The van der Waals surface area contributed by atoms with E-state index in [0.29, 0.717) is 31.8 Å². The Bertz CT molecular complexity index is 767. The summed E-state index contributed by atoms with van der Waals surface area (Å²) in [6.45, 7) is 1.62. The van der Waals surface area contributed by atoms with Crippen molar-refractivity contribution >= 4 is 23.3 Å². The second kappa shape index (κ2) is 7.51. The van der Waals surface area contributed by atoms with Gasteiger partial charge in [-0.15, -0.1) is 0 Å². The molecule has 1 saturated heterocycles. The number of aliphatic carboxylic acids is 1. The van der Waals surface area contributed by atoms with Crippen molar-refractivity contribution in [3.05, 3.63) is 28.3 Å². The molecule has 146 valence electrons. The molecular weight excluding hydrogens is 354 g/mol. The molecule has 0 bridgehead atoms. The van der Waals surface area contributed by atoms with Crippen LogP contribution in [0.25, 0.3) is 0 Å². The summed E-state index contributed by atoms with van der Waals surface area (Å²) in [5.41, 5.74) is -0.557. The number of hydrogen-bond acceptors (Lipinski definition) is 6. The Morgan fingerprint density at radius 1 is 1.48 bits per heavy atom. The van der Waals surface area contributed by atoms with Crippen LogP contribution in [0.4, 0.5) is 11.4 Å². The minimum atomic E-state index is -0.738. The molecule has 2 N–H and O–H groups in total. The van der Waals surface area contributed by atoms with Crippen LogP contribution in [0.5, 0.6) is 5.75 Å². The zero-order valence-electron chi connectivity index (χ0n) is 15.1. The predicted molar refractivity (Wildman–Crippen MR) is 96.7 cm³/mol. The van der Waals surface area contributed by atoms with Gasteiger partial charge in [0.15, 0.2) is 0 Å². The molecule has 1 aliphatic heterocycles. The lowest BCUT2D eigenvalue weighted by atomic mass is 9.81. The van der Waals surface area contributed by atoms with E-state index in [1.807, 2.05) is 4.90 Å². The third-order valence-corrected chi connectivity index (χ3v) is 5.69. The Balaban J connectivity index is 1.59. The maximum atomic E-state index is 12.3. The molecular formula is C18H23N3O6. The van der Waals surface area contributed by atoms with Crippen LogP contribution in [-0.4, -0.2) is 53.6 Å². The van der Waals surface area contributed by atoms with Crippen LogP contribution in [0, 0.1) is 21.4 Å². The number of amides is 1. The highest BCUT2D eigenvalue weighted by molar-refractivity contribution is 5.92. The zero-order valence-corrected chi connectivity index (χ0v) is 15.1. The maximum Gasteiger partial charge on any atom is 0.311 e. The van der Waals surface area contributed by atoms with E-state index in [-0.39, 0.29) is 29.6 Å². The van der Waals surface area contributed by atoms with Crippen LogP contribution in [0.15, 0.2) is 18.2 Å². The zero-order chi connectivity index (χ0) is 19.6. The van der Waals surface area contributed by atoms with Crippen LogP contribution in [0.1, 0.15) is 25.7 Å². The van der Waals surface area contributed by atoms with Gasteiger partial charge in [-0.2, -0.15) is 0 Å². The van der Waals surface area contributed by atoms with Crippen LogP contribution in [0.2, 0.25) is 0 Å². The molecule has 0 aromatic heterocycles. The SMILES string of the molecule is COc1ccc([N+](=O)[O-])cc1NC(=O)CCN1C[C@@H]2CCC[C@@]2(C(=O)O)C1. The third-order valence-electron chi connectivity index (χ3n) is 5.69. The van der Waals surface area contributed by atoms with E-state index in [4.69, 9.17) is 4.74 Å². The number of benzene rings is 1. The predicted octanol–water partition coefficient (Wildman–Crippen LogP) is 2.12. The molecule has 2 fully saturated rings. The van der Waals surface area contributed by atoms with Gasteiger partial charge in [-0.3, -0.25) is 19.7 Å². The van der Waals surface area contributed by atoms with Crippen molar-refractivity contribution in [1.29, 1.82) is 0 Å². The van der Waals surface area contributed by atoms with E-state index in [1.165, 1.54) is 25.3 Å². The average molecular weight is 377 g/mol. The van der Waals surface area contributed by atoms with Gasteiger partial charge in [0, 0.05) is 38.2 Å². The Morgan fingerprint density at radius 2 is 2.26 bits per heavy atom. The standard InChI is InChI=1S/C18H23N3O6/c1-27-15-5-4-13(21(25)26)9-14(15)19-16(22)6-8-20-10-12-3-2-7-18(12,11-20)17(23)24/h4-5,9,12H,2-3,6-8,10-11H2,1H3,(H,19,22)(H,23,24)/t12-,18+/m0/s1. The Kier molecular flexibility index (Phi) is 5.31. The van der Waals surface area contributed by atoms with Crippen molar-refractivity contribution in [2.75, 3.05) is 32.1 Å². The van der Waals surface area contributed by atoms with E-state index < -0.39 is 16.3 Å². The van der Waals surface area contributed by atoms with Crippen molar-refractivity contribution in [3.63, 3.8) is 0 Å². The molecule has 0 radical (unpaired) electrons. The summed E-state index contributed by atoms with van der Waals surface area (Å²) >= 11 is 0. The fraction of sp³-hybridized carbons (Fsp3) is 0.556. The van der Waals surface area contributed by atoms with Crippen molar-refractivity contribution in [1.82, 2.24) is 4.90 Å². The van der Waals surface area contributed by atoms with Crippen molar-refractivity contribution in [2.24, 2.45) is 11.3 Å². The number of carbonyl (C=O) groups is 2. The first-order valence-corrected chi connectivity index (χ1v) is 8.94.